The van der Waals surface area contributed by atoms with E-state index in [2.05, 4.69) is 15.4 Å². The number of carbonyl (C=O) groups excluding carboxylic acids is 2. The number of morpholine rings is 1. The van der Waals surface area contributed by atoms with Gasteiger partial charge in [0.1, 0.15) is 18.1 Å². The summed E-state index contributed by atoms with van der Waals surface area (Å²) in [6.45, 7) is 8.47. The number of ether oxygens (including phenoxy) is 3. The fourth-order valence-electron chi connectivity index (χ4n) is 4.08. The van der Waals surface area contributed by atoms with Crippen LogP contribution in [-0.4, -0.2) is 76.7 Å². The van der Waals surface area contributed by atoms with Crippen molar-refractivity contribution in [1.82, 2.24) is 19.7 Å². The second-order valence-corrected chi connectivity index (χ2v) is 10.4. The molecule has 40 heavy (non-hydrogen) atoms. The summed E-state index contributed by atoms with van der Waals surface area (Å²) in [5.74, 6) is -0.0433. The number of anilines is 2. The minimum absolute atomic E-state index is 0.0969. The number of aromatic nitrogens is 3. The molecule has 1 amide bonds. The van der Waals surface area contributed by atoms with Crippen molar-refractivity contribution in [3.8, 4) is 11.3 Å². The van der Waals surface area contributed by atoms with Crippen LogP contribution in [0.2, 0.25) is 0 Å². The Kier molecular flexibility index (Phi) is 9.28. The van der Waals surface area contributed by atoms with E-state index in [4.69, 9.17) is 14.2 Å². The van der Waals surface area contributed by atoms with Gasteiger partial charge in [-0.2, -0.15) is 5.10 Å². The fourth-order valence-corrected chi connectivity index (χ4v) is 4.08. The van der Waals surface area contributed by atoms with Crippen LogP contribution in [0.4, 0.5) is 11.5 Å². The lowest BCUT2D eigenvalue weighted by molar-refractivity contribution is -0.146. The molecule has 3 heterocycles. The number of pyridine rings is 1. The van der Waals surface area contributed by atoms with Gasteiger partial charge in [-0.25, -0.2) is 9.67 Å². The molecule has 1 aliphatic heterocycles. The van der Waals surface area contributed by atoms with E-state index in [1.165, 1.54) is 10.9 Å². The van der Waals surface area contributed by atoms with Crippen LogP contribution in [-0.2, 0) is 32.5 Å². The third-order valence-electron chi connectivity index (χ3n) is 6.09. The van der Waals surface area contributed by atoms with Crippen molar-refractivity contribution in [3.05, 3.63) is 70.1 Å². The van der Waals surface area contributed by atoms with E-state index in [0.717, 1.165) is 11.1 Å². The van der Waals surface area contributed by atoms with Gasteiger partial charge in [0.25, 0.3) is 11.5 Å². The monoisotopic (exact) mass is 549 g/mol. The molecule has 0 unspecified atom stereocenters. The van der Waals surface area contributed by atoms with Crippen LogP contribution < -0.4 is 10.9 Å². The lowest BCUT2D eigenvalue weighted by Crippen LogP contribution is -2.40. The van der Waals surface area contributed by atoms with Crippen molar-refractivity contribution >= 4 is 23.4 Å². The molecule has 0 atom stereocenters. The van der Waals surface area contributed by atoms with Gasteiger partial charge >= 0.3 is 5.97 Å². The second-order valence-electron chi connectivity index (χ2n) is 10.4. The van der Waals surface area contributed by atoms with E-state index in [-0.39, 0.29) is 41.8 Å². The largest absolute Gasteiger partial charge is 0.463 e. The quantitative estimate of drug-likeness (QED) is 0.317. The Labute approximate surface area is 233 Å². The predicted octanol–water partition coefficient (Wildman–Crippen LogP) is 2.96. The number of hydrogen-bond acceptors (Lipinski definition) is 9. The average molecular weight is 550 g/mol. The number of nitrogens with one attached hydrogen (secondary N) is 1. The number of aryl methyl sites for hydroxylation is 1. The van der Waals surface area contributed by atoms with Crippen LogP contribution in [0.15, 0.2) is 53.5 Å². The van der Waals surface area contributed by atoms with Crippen LogP contribution >= 0.6 is 0 Å². The predicted molar refractivity (Wildman–Crippen MR) is 150 cm³/mol. The number of benzene rings is 1. The highest BCUT2D eigenvalue weighted by atomic mass is 16.6. The number of esters is 1. The fraction of sp³-hybridized carbons (Fsp3) is 0.414. The number of amides is 1. The van der Waals surface area contributed by atoms with Crippen LogP contribution in [0.5, 0.6) is 0 Å². The maximum atomic E-state index is 12.8. The van der Waals surface area contributed by atoms with Gasteiger partial charge in [-0.05, 0) is 50.6 Å². The van der Waals surface area contributed by atoms with E-state index in [1.54, 1.807) is 30.1 Å². The SMILES string of the molecule is Cn1nc(-c2cccc(CC(=O)OCCOC(C)(C)C)c2)cc(Nc2ccc(C(=O)N3CCOCC3)cn2)c1=O. The van der Waals surface area contributed by atoms with Crippen molar-refractivity contribution < 1.29 is 23.8 Å². The molecule has 0 saturated carbocycles. The average Bonchev–Trinajstić information content (AvgIpc) is 2.93. The summed E-state index contributed by atoms with van der Waals surface area (Å²) in [6.07, 6.45) is 1.59. The first-order chi connectivity index (χ1) is 19.1. The van der Waals surface area contributed by atoms with E-state index < -0.39 is 0 Å². The minimum atomic E-state index is -0.355. The normalized spacial score (nSPS) is 13.7. The number of rotatable bonds is 9. The Morgan fingerprint density at radius 1 is 1.07 bits per heavy atom. The molecule has 1 aliphatic rings. The van der Waals surface area contributed by atoms with Crippen LogP contribution in [0.25, 0.3) is 11.3 Å². The molecule has 4 rings (SSSR count). The lowest BCUT2D eigenvalue weighted by Gasteiger charge is -2.26. The second kappa shape index (κ2) is 12.8. The van der Waals surface area contributed by atoms with E-state index in [0.29, 0.717) is 50.0 Å². The third-order valence-corrected chi connectivity index (χ3v) is 6.09. The molecule has 2 aromatic heterocycles. The molecular weight excluding hydrogens is 514 g/mol. The first-order valence-corrected chi connectivity index (χ1v) is 13.2. The Hall–Kier alpha value is -4.09. The summed E-state index contributed by atoms with van der Waals surface area (Å²) in [6, 6.07) is 12.3. The minimum Gasteiger partial charge on any atom is -0.463 e. The standard InChI is InChI=1S/C29H35N5O6/c1-29(2,3)40-15-14-39-26(35)17-20-6-5-7-21(16-20)23-18-24(28(37)33(4)32-23)31-25-9-8-22(19-30-25)27(36)34-10-12-38-13-11-34/h5-9,16,18-19H,10-15,17H2,1-4H3,(H,30,31). The van der Waals surface area contributed by atoms with E-state index in [1.807, 2.05) is 45.0 Å². The molecule has 212 valence electrons. The molecule has 11 heteroatoms. The molecule has 3 aromatic rings. The Morgan fingerprint density at radius 2 is 1.85 bits per heavy atom. The van der Waals surface area contributed by atoms with E-state index >= 15 is 0 Å². The summed E-state index contributed by atoms with van der Waals surface area (Å²) >= 11 is 0. The molecule has 1 fully saturated rings. The molecule has 1 N–H and O–H groups in total. The van der Waals surface area contributed by atoms with Gasteiger partial charge in [0.2, 0.25) is 0 Å². The van der Waals surface area contributed by atoms with Crippen molar-refractivity contribution in [3.63, 3.8) is 0 Å². The topological polar surface area (TPSA) is 125 Å². The summed E-state index contributed by atoms with van der Waals surface area (Å²) < 4.78 is 17.4. The summed E-state index contributed by atoms with van der Waals surface area (Å²) in [4.78, 5) is 43.9. The van der Waals surface area contributed by atoms with Gasteiger partial charge < -0.3 is 24.4 Å². The van der Waals surface area contributed by atoms with Gasteiger partial charge in [0.05, 0.1) is 43.1 Å². The molecular formula is C29H35N5O6. The smallest absolute Gasteiger partial charge is 0.310 e. The molecule has 0 spiro atoms. The van der Waals surface area contributed by atoms with Crippen LogP contribution in [0.3, 0.4) is 0 Å². The highest BCUT2D eigenvalue weighted by Gasteiger charge is 2.19. The Morgan fingerprint density at radius 3 is 2.55 bits per heavy atom. The zero-order valence-electron chi connectivity index (χ0n) is 23.3. The van der Waals surface area contributed by atoms with Crippen LogP contribution in [0.1, 0.15) is 36.7 Å². The summed E-state index contributed by atoms with van der Waals surface area (Å²) in [7, 11) is 1.56. The highest BCUT2D eigenvalue weighted by molar-refractivity contribution is 5.94. The summed E-state index contributed by atoms with van der Waals surface area (Å²) in [5.41, 5.74) is 2.14. The van der Waals surface area contributed by atoms with Crippen molar-refractivity contribution in [2.24, 2.45) is 7.05 Å². The van der Waals surface area contributed by atoms with Gasteiger partial charge in [-0.1, -0.05) is 18.2 Å². The maximum Gasteiger partial charge on any atom is 0.310 e. The van der Waals surface area contributed by atoms with Gasteiger partial charge in [0, 0.05) is 31.9 Å². The van der Waals surface area contributed by atoms with Crippen molar-refractivity contribution in [1.29, 1.82) is 0 Å². The third kappa shape index (κ3) is 7.96. The molecule has 1 aromatic carbocycles. The first-order valence-electron chi connectivity index (χ1n) is 13.2. The number of hydrogen-bond donors (Lipinski definition) is 1. The van der Waals surface area contributed by atoms with Crippen molar-refractivity contribution in [2.75, 3.05) is 44.8 Å². The van der Waals surface area contributed by atoms with Crippen molar-refractivity contribution in [2.45, 2.75) is 32.8 Å². The zero-order chi connectivity index (χ0) is 28.7. The molecule has 1 saturated heterocycles. The number of carbonyl (C=O) groups is 2. The lowest BCUT2D eigenvalue weighted by atomic mass is 10.1. The molecule has 11 nitrogen and oxygen atoms in total. The Bertz CT molecular complexity index is 1390. The molecule has 0 radical (unpaired) electrons. The van der Waals surface area contributed by atoms with Gasteiger partial charge in [-0.3, -0.25) is 14.4 Å². The maximum absolute atomic E-state index is 12.8. The molecule has 0 aliphatic carbocycles. The highest BCUT2D eigenvalue weighted by Crippen LogP contribution is 2.22. The van der Waals surface area contributed by atoms with Gasteiger partial charge in [-0.15, -0.1) is 0 Å². The van der Waals surface area contributed by atoms with E-state index in [9.17, 15) is 14.4 Å². The number of nitrogens with zero attached hydrogens (tertiary/aromatic N) is 4. The first kappa shape index (κ1) is 28.9. The van der Waals surface area contributed by atoms with Crippen LogP contribution in [0, 0.1) is 0 Å². The van der Waals surface area contributed by atoms with Gasteiger partial charge in [0.15, 0.2) is 0 Å². The Balaban J connectivity index is 1.43. The summed E-state index contributed by atoms with van der Waals surface area (Å²) in [5, 5.41) is 7.43. The molecule has 0 bridgehead atoms. The zero-order valence-corrected chi connectivity index (χ0v) is 23.3.